The van der Waals surface area contributed by atoms with E-state index in [1.807, 2.05) is 25.1 Å². The van der Waals surface area contributed by atoms with Crippen molar-refractivity contribution in [2.45, 2.75) is 26.4 Å². The van der Waals surface area contributed by atoms with Crippen molar-refractivity contribution in [1.82, 2.24) is 0 Å². The third-order valence-electron chi connectivity index (χ3n) is 2.85. The third kappa shape index (κ3) is 2.79. The molecule has 1 unspecified atom stereocenters. The van der Waals surface area contributed by atoms with Crippen molar-refractivity contribution in [3.8, 4) is 0 Å². The van der Waals surface area contributed by atoms with Crippen molar-refractivity contribution in [3.05, 3.63) is 55.7 Å². The second kappa shape index (κ2) is 5.34. The zero-order valence-electron chi connectivity index (χ0n) is 9.90. The average Bonchev–Trinajstić information content (AvgIpc) is 2.69. The molecule has 0 radical (unpaired) electrons. The van der Waals surface area contributed by atoms with Crippen LogP contribution in [-0.2, 0) is 6.42 Å². The van der Waals surface area contributed by atoms with Gasteiger partial charge in [-0.05, 0) is 46.5 Å². The molecule has 0 aliphatic rings. The van der Waals surface area contributed by atoms with Gasteiger partial charge >= 0.3 is 0 Å². The molecule has 0 fully saturated rings. The van der Waals surface area contributed by atoms with Gasteiger partial charge in [0.05, 0.1) is 0 Å². The number of hydrogen-bond acceptors (Lipinski definition) is 2. The maximum Gasteiger partial charge on any atom is 0.113 e. The highest BCUT2D eigenvalue weighted by molar-refractivity contribution is 9.10. The van der Waals surface area contributed by atoms with Crippen LogP contribution in [0.3, 0.4) is 0 Å². The van der Waals surface area contributed by atoms with Crippen LogP contribution in [0.2, 0.25) is 0 Å². The molecule has 0 bridgehead atoms. The molecule has 0 saturated carbocycles. The Morgan fingerprint density at radius 2 is 1.94 bits per heavy atom. The molecule has 2 rings (SSSR count). The standard InChI is InChI=1S/C14H15BrOS/c1-3-10-4-6-11(7-5-10)14(16)13-8-12(15)9(2)17-13/h4-8,14,16H,3H2,1-2H3. The number of aryl methyl sites for hydroxylation is 2. The Balaban J connectivity index is 2.26. The molecule has 17 heavy (non-hydrogen) atoms. The minimum absolute atomic E-state index is 0.518. The summed E-state index contributed by atoms with van der Waals surface area (Å²) in [5, 5.41) is 10.3. The highest BCUT2D eigenvalue weighted by Crippen LogP contribution is 2.33. The molecule has 1 aromatic carbocycles. The van der Waals surface area contributed by atoms with Gasteiger partial charge in [-0.3, -0.25) is 0 Å². The Labute approximate surface area is 114 Å². The van der Waals surface area contributed by atoms with E-state index in [9.17, 15) is 5.11 Å². The first-order valence-electron chi connectivity index (χ1n) is 5.64. The quantitative estimate of drug-likeness (QED) is 0.887. The van der Waals surface area contributed by atoms with Crippen molar-refractivity contribution in [2.24, 2.45) is 0 Å². The number of thiophene rings is 1. The molecule has 3 heteroatoms. The maximum absolute atomic E-state index is 10.3. The van der Waals surface area contributed by atoms with Gasteiger partial charge in [0.25, 0.3) is 0 Å². The summed E-state index contributed by atoms with van der Waals surface area (Å²) in [5.41, 5.74) is 2.25. The number of hydrogen-bond donors (Lipinski definition) is 1. The molecule has 1 N–H and O–H groups in total. The molecule has 1 nitrogen and oxygen atoms in total. The molecule has 0 aliphatic heterocycles. The van der Waals surface area contributed by atoms with E-state index in [2.05, 4.69) is 35.0 Å². The van der Waals surface area contributed by atoms with Crippen LogP contribution < -0.4 is 0 Å². The van der Waals surface area contributed by atoms with Crippen LogP contribution in [0.1, 0.15) is 33.9 Å². The summed E-state index contributed by atoms with van der Waals surface area (Å²) in [6.45, 7) is 4.18. The number of aliphatic hydroxyl groups is 1. The van der Waals surface area contributed by atoms with E-state index in [4.69, 9.17) is 0 Å². The smallest absolute Gasteiger partial charge is 0.113 e. The Bertz CT molecular complexity index is 482. The largest absolute Gasteiger partial charge is 0.383 e. The fraction of sp³-hybridized carbons (Fsp3) is 0.286. The minimum atomic E-state index is -0.518. The molecule has 0 saturated heterocycles. The molecule has 0 amide bonds. The molecule has 0 aliphatic carbocycles. The molecule has 1 atom stereocenters. The summed E-state index contributed by atoms with van der Waals surface area (Å²) in [7, 11) is 0. The number of aliphatic hydroxyl groups excluding tert-OH is 1. The van der Waals surface area contributed by atoms with Gasteiger partial charge in [0, 0.05) is 14.2 Å². The lowest BCUT2D eigenvalue weighted by molar-refractivity contribution is 0.224. The zero-order valence-corrected chi connectivity index (χ0v) is 12.3. The van der Waals surface area contributed by atoms with E-state index in [1.54, 1.807) is 11.3 Å². The van der Waals surface area contributed by atoms with Crippen molar-refractivity contribution >= 4 is 27.3 Å². The fourth-order valence-corrected chi connectivity index (χ4v) is 3.29. The van der Waals surface area contributed by atoms with E-state index in [0.717, 1.165) is 21.3 Å². The van der Waals surface area contributed by atoms with Crippen LogP contribution in [0.25, 0.3) is 0 Å². The summed E-state index contributed by atoms with van der Waals surface area (Å²) in [6.07, 6.45) is 0.510. The van der Waals surface area contributed by atoms with Crippen LogP contribution in [0, 0.1) is 6.92 Å². The minimum Gasteiger partial charge on any atom is -0.383 e. The topological polar surface area (TPSA) is 20.2 Å². The van der Waals surface area contributed by atoms with E-state index in [0.29, 0.717) is 0 Å². The SMILES string of the molecule is CCc1ccc(C(O)c2cc(Br)c(C)s2)cc1. The number of rotatable bonds is 3. The van der Waals surface area contributed by atoms with Gasteiger partial charge < -0.3 is 5.11 Å². The second-order valence-corrected chi connectivity index (χ2v) is 6.19. The van der Waals surface area contributed by atoms with E-state index < -0.39 is 6.10 Å². The van der Waals surface area contributed by atoms with Gasteiger partial charge in [-0.1, -0.05) is 31.2 Å². The average molecular weight is 311 g/mol. The normalized spacial score (nSPS) is 12.7. The lowest BCUT2D eigenvalue weighted by atomic mass is 10.0. The molecular formula is C14H15BrOS. The van der Waals surface area contributed by atoms with Crippen LogP contribution >= 0.6 is 27.3 Å². The first kappa shape index (κ1) is 12.8. The van der Waals surface area contributed by atoms with Gasteiger partial charge in [0.15, 0.2) is 0 Å². The molecule has 2 aromatic rings. The van der Waals surface area contributed by atoms with Gasteiger partial charge in [0.1, 0.15) is 6.10 Å². The van der Waals surface area contributed by atoms with Crippen LogP contribution in [0.15, 0.2) is 34.8 Å². The molecule has 1 aromatic heterocycles. The van der Waals surface area contributed by atoms with E-state index in [1.165, 1.54) is 10.4 Å². The van der Waals surface area contributed by atoms with E-state index in [-0.39, 0.29) is 0 Å². The zero-order chi connectivity index (χ0) is 12.4. The second-order valence-electron chi connectivity index (χ2n) is 4.05. The third-order valence-corrected chi connectivity index (χ3v) is 5.04. The monoisotopic (exact) mass is 310 g/mol. The van der Waals surface area contributed by atoms with Crippen molar-refractivity contribution in [3.63, 3.8) is 0 Å². The Morgan fingerprint density at radius 3 is 2.41 bits per heavy atom. The number of halogens is 1. The molecule has 90 valence electrons. The molecule has 1 heterocycles. The lowest BCUT2D eigenvalue weighted by Crippen LogP contribution is -1.96. The summed E-state index contributed by atoms with van der Waals surface area (Å²) >= 11 is 5.11. The van der Waals surface area contributed by atoms with Crippen molar-refractivity contribution in [2.75, 3.05) is 0 Å². The Hall–Kier alpha value is -0.640. The van der Waals surface area contributed by atoms with Crippen molar-refractivity contribution in [1.29, 1.82) is 0 Å². The lowest BCUT2D eigenvalue weighted by Gasteiger charge is -2.09. The Morgan fingerprint density at radius 1 is 1.29 bits per heavy atom. The first-order valence-corrected chi connectivity index (χ1v) is 7.25. The highest BCUT2D eigenvalue weighted by atomic mass is 79.9. The fourth-order valence-electron chi connectivity index (χ4n) is 1.72. The predicted octanol–water partition coefficient (Wildman–Crippen LogP) is 4.46. The number of benzene rings is 1. The summed E-state index contributed by atoms with van der Waals surface area (Å²) in [5.74, 6) is 0. The predicted molar refractivity (Wildman–Crippen MR) is 76.6 cm³/mol. The van der Waals surface area contributed by atoms with Crippen LogP contribution in [0.4, 0.5) is 0 Å². The van der Waals surface area contributed by atoms with Gasteiger partial charge in [0.2, 0.25) is 0 Å². The molecular weight excluding hydrogens is 296 g/mol. The van der Waals surface area contributed by atoms with Crippen molar-refractivity contribution < 1.29 is 5.11 Å². The van der Waals surface area contributed by atoms with Gasteiger partial charge in [-0.25, -0.2) is 0 Å². The molecule has 0 spiro atoms. The summed E-state index contributed by atoms with van der Waals surface area (Å²) < 4.78 is 1.07. The van der Waals surface area contributed by atoms with Crippen LogP contribution in [-0.4, -0.2) is 5.11 Å². The Kier molecular flexibility index (Phi) is 4.02. The van der Waals surface area contributed by atoms with Gasteiger partial charge in [-0.2, -0.15) is 0 Å². The first-order chi connectivity index (χ1) is 8.11. The maximum atomic E-state index is 10.3. The summed E-state index contributed by atoms with van der Waals surface area (Å²) in [6, 6.07) is 10.2. The van der Waals surface area contributed by atoms with Crippen LogP contribution in [0.5, 0.6) is 0 Å². The van der Waals surface area contributed by atoms with E-state index >= 15 is 0 Å². The summed E-state index contributed by atoms with van der Waals surface area (Å²) in [4.78, 5) is 2.18. The highest BCUT2D eigenvalue weighted by Gasteiger charge is 2.14. The van der Waals surface area contributed by atoms with Gasteiger partial charge in [-0.15, -0.1) is 11.3 Å².